The molecule has 0 spiro atoms. The molecule has 0 saturated carbocycles. The van der Waals surface area contributed by atoms with Gasteiger partial charge < -0.3 is 5.73 Å². The van der Waals surface area contributed by atoms with Crippen LogP contribution in [-0.2, 0) is 19.6 Å². The third-order valence-corrected chi connectivity index (χ3v) is 3.14. The van der Waals surface area contributed by atoms with Crippen molar-refractivity contribution in [2.24, 2.45) is 5.92 Å². The first-order valence-corrected chi connectivity index (χ1v) is 6.95. The Hall–Kier alpha value is -1.88. The van der Waals surface area contributed by atoms with E-state index in [2.05, 4.69) is 41.9 Å². The normalized spacial score (nSPS) is 11.4. The van der Waals surface area contributed by atoms with Crippen LogP contribution in [0.5, 0.6) is 0 Å². The van der Waals surface area contributed by atoms with Gasteiger partial charge in [-0.1, -0.05) is 32.0 Å². The highest BCUT2D eigenvalue weighted by atomic mass is 15.3. The average molecular weight is 273 g/mol. The molecule has 0 aliphatic carbocycles. The maximum absolute atomic E-state index is 5.98. The van der Waals surface area contributed by atoms with Crippen molar-refractivity contribution in [1.29, 1.82) is 0 Å². The second kappa shape index (κ2) is 6.52. The molecule has 108 valence electrons. The zero-order valence-electron chi connectivity index (χ0n) is 12.5. The maximum atomic E-state index is 5.98. The number of aromatic nitrogens is 3. The second-order valence-corrected chi connectivity index (χ2v) is 5.62. The van der Waals surface area contributed by atoms with Crippen molar-refractivity contribution in [1.82, 2.24) is 19.7 Å². The Labute approximate surface area is 120 Å². The van der Waals surface area contributed by atoms with Gasteiger partial charge in [0.15, 0.2) is 0 Å². The van der Waals surface area contributed by atoms with Gasteiger partial charge in [-0.15, -0.1) is 0 Å². The Kier molecular flexibility index (Phi) is 4.74. The molecule has 1 heterocycles. The molecule has 0 atom stereocenters. The molecule has 2 aromatic rings. The molecule has 2 N–H and O–H groups in total. The average Bonchev–Trinajstić information content (AvgIpc) is 2.78. The van der Waals surface area contributed by atoms with E-state index in [0.29, 0.717) is 5.92 Å². The predicted molar refractivity (Wildman–Crippen MR) is 80.9 cm³/mol. The summed E-state index contributed by atoms with van der Waals surface area (Å²) in [6.07, 6.45) is 1.63. The van der Waals surface area contributed by atoms with Crippen LogP contribution in [0.4, 0.5) is 5.69 Å². The van der Waals surface area contributed by atoms with Crippen LogP contribution < -0.4 is 5.73 Å². The van der Waals surface area contributed by atoms with Crippen molar-refractivity contribution < 1.29 is 0 Å². The van der Waals surface area contributed by atoms with Crippen LogP contribution in [0, 0.1) is 5.92 Å². The SMILES string of the molecule is CC(C)Cn1ncnc1CN(C)Cc1ccccc1N. The van der Waals surface area contributed by atoms with Gasteiger partial charge in [-0.3, -0.25) is 4.90 Å². The third-order valence-electron chi connectivity index (χ3n) is 3.14. The molecule has 0 aliphatic rings. The number of hydrogen-bond acceptors (Lipinski definition) is 4. The summed E-state index contributed by atoms with van der Waals surface area (Å²) in [5.41, 5.74) is 7.96. The fraction of sp³-hybridized carbons (Fsp3) is 0.467. The van der Waals surface area contributed by atoms with Gasteiger partial charge in [-0.2, -0.15) is 5.10 Å². The Morgan fingerprint density at radius 1 is 1.25 bits per heavy atom. The standard InChI is InChI=1S/C15H23N5/c1-12(2)8-20-15(17-11-18-20)10-19(3)9-13-6-4-5-7-14(13)16/h4-7,11-12H,8-10,16H2,1-3H3. The van der Waals surface area contributed by atoms with Gasteiger partial charge in [-0.25, -0.2) is 9.67 Å². The van der Waals surface area contributed by atoms with Gasteiger partial charge >= 0.3 is 0 Å². The van der Waals surface area contributed by atoms with E-state index in [0.717, 1.165) is 36.7 Å². The number of para-hydroxylation sites is 1. The van der Waals surface area contributed by atoms with Crippen molar-refractivity contribution in [3.63, 3.8) is 0 Å². The highest BCUT2D eigenvalue weighted by molar-refractivity contribution is 5.46. The summed E-state index contributed by atoms with van der Waals surface area (Å²) in [4.78, 5) is 6.55. The smallest absolute Gasteiger partial charge is 0.141 e. The van der Waals surface area contributed by atoms with E-state index in [-0.39, 0.29) is 0 Å². The summed E-state index contributed by atoms with van der Waals surface area (Å²) in [6, 6.07) is 7.97. The maximum Gasteiger partial charge on any atom is 0.141 e. The summed E-state index contributed by atoms with van der Waals surface area (Å²) in [6.45, 7) is 6.83. The quantitative estimate of drug-likeness (QED) is 0.819. The van der Waals surface area contributed by atoms with E-state index in [1.165, 1.54) is 0 Å². The Balaban J connectivity index is 2.00. The minimum absolute atomic E-state index is 0.561. The molecule has 2 rings (SSSR count). The number of nitrogens with zero attached hydrogens (tertiary/aromatic N) is 4. The highest BCUT2D eigenvalue weighted by Crippen LogP contribution is 2.14. The van der Waals surface area contributed by atoms with Crippen LogP contribution in [0.3, 0.4) is 0 Å². The van der Waals surface area contributed by atoms with E-state index >= 15 is 0 Å². The van der Waals surface area contributed by atoms with Crippen LogP contribution in [0.15, 0.2) is 30.6 Å². The number of nitrogen functional groups attached to an aromatic ring is 1. The van der Waals surface area contributed by atoms with Gasteiger partial charge in [0.1, 0.15) is 12.2 Å². The van der Waals surface area contributed by atoms with Crippen LogP contribution in [-0.4, -0.2) is 26.7 Å². The first kappa shape index (κ1) is 14.5. The number of hydrogen-bond donors (Lipinski definition) is 1. The summed E-state index contributed by atoms with van der Waals surface area (Å²) in [7, 11) is 2.07. The molecule has 5 heteroatoms. The molecule has 1 aromatic carbocycles. The summed E-state index contributed by atoms with van der Waals surface area (Å²) < 4.78 is 1.98. The van der Waals surface area contributed by atoms with E-state index in [4.69, 9.17) is 5.73 Å². The fourth-order valence-electron chi connectivity index (χ4n) is 2.18. The number of rotatable bonds is 6. The van der Waals surface area contributed by atoms with Crippen molar-refractivity contribution in [3.8, 4) is 0 Å². The summed E-state index contributed by atoms with van der Waals surface area (Å²) in [5.74, 6) is 1.56. The third kappa shape index (κ3) is 3.81. The molecule has 0 amide bonds. The Morgan fingerprint density at radius 3 is 2.70 bits per heavy atom. The topological polar surface area (TPSA) is 60.0 Å². The molecule has 0 fully saturated rings. The number of nitrogens with two attached hydrogens (primary N) is 1. The summed E-state index contributed by atoms with van der Waals surface area (Å²) >= 11 is 0. The second-order valence-electron chi connectivity index (χ2n) is 5.62. The first-order chi connectivity index (χ1) is 9.56. The molecule has 0 bridgehead atoms. The number of anilines is 1. The monoisotopic (exact) mass is 273 g/mol. The van der Waals surface area contributed by atoms with Gasteiger partial charge in [-0.05, 0) is 24.6 Å². The molecule has 0 aliphatic heterocycles. The molecular weight excluding hydrogens is 250 g/mol. The minimum Gasteiger partial charge on any atom is -0.398 e. The lowest BCUT2D eigenvalue weighted by atomic mass is 10.2. The lowest BCUT2D eigenvalue weighted by Crippen LogP contribution is -2.22. The van der Waals surface area contributed by atoms with E-state index in [1.54, 1.807) is 6.33 Å². The van der Waals surface area contributed by atoms with Crippen molar-refractivity contribution in [3.05, 3.63) is 42.0 Å². The summed E-state index contributed by atoms with van der Waals surface area (Å²) in [5, 5.41) is 4.29. The van der Waals surface area contributed by atoms with Crippen LogP contribution >= 0.6 is 0 Å². The molecule has 20 heavy (non-hydrogen) atoms. The zero-order valence-corrected chi connectivity index (χ0v) is 12.5. The lowest BCUT2D eigenvalue weighted by Gasteiger charge is -2.18. The highest BCUT2D eigenvalue weighted by Gasteiger charge is 2.10. The minimum atomic E-state index is 0.561. The van der Waals surface area contributed by atoms with E-state index in [1.807, 2.05) is 22.9 Å². The van der Waals surface area contributed by atoms with Crippen molar-refractivity contribution in [2.75, 3.05) is 12.8 Å². The molecule has 0 unspecified atom stereocenters. The van der Waals surface area contributed by atoms with Gasteiger partial charge in [0.25, 0.3) is 0 Å². The molecular formula is C15H23N5. The predicted octanol–water partition coefficient (Wildman–Crippen LogP) is 2.15. The Bertz CT molecular complexity index is 547. The van der Waals surface area contributed by atoms with Crippen LogP contribution in [0.25, 0.3) is 0 Å². The molecule has 0 saturated heterocycles. The van der Waals surface area contributed by atoms with Crippen LogP contribution in [0.1, 0.15) is 25.2 Å². The van der Waals surface area contributed by atoms with Crippen molar-refractivity contribution in [2.45, 2.75) is 33.5 Å². The fourth-order valence-corrected chi connectivity index (χ4v) is 2.18. The molecule has 0 radical (unpaired) electrons. The van der Waals surface area contributed by atoms with Crippen molar-refractivity contribution >= 4 is 5.69 Å². The lowest BCUT2D eigenvalue weighted by molar-refractivity contribution is 0.299. The van der Waals surface area contributed by atoms with Crippen LogP contribution in [0.2, 0.25) is 0 Å². The first-order valence-electron chi connectivity index (χ1n) is 6.95. The Morgan fingerprint density at radius 2 is 2.00 bits per heavy atom. The van der Waals surface area contributed by atoms with Gasteiger partial charge in [0, 0.05) is 18.8 Å². The molecule has 1 aromatic heterocycles. The zero-order chi connectivity index (χ0) is 14.5. The van der Waals surface area contributed by atoms with E-state index < -0.39 is 0 Å². The van der Waals surface area contributed by atoms with Gasteiger partial charge in [0.2, 0.25) is 0 Å². The van der Waals surface area contributed by atoms with Gasteiger partial charge in [0.05, 0.1) is 6.54 Å². The molecule has 5 nitrogen and oxygen atoms in total. The number of benzene rings is 1. The largest absolute Gasteiger partial charge is 0.398 e. The van der Waals surface area contributed by atoms with E-state index in [9.17, 15) is 0 Å².